The van der Waals surface area contributed by atoms with Gasteiger partial charge in [-0.1, -0.05) is 36.4 Å². The fourth-order valence-corrected chi connectivity index (χ4v) is 3.79. The normalized spacial score (nSPS) is 15.8. The fourth-order valence-electron chi connectivity index (χ4n) is 3.79. The summed E-state index contributed by atoms with van der Waals surface area (Å²) in [4.78, 5) is 31.3. The van der Waals surface area contributed by atoms with Crippen molar-refractivity contribution in [3.63, 3.8) is 0 Å². The number of methoxy groups -OCH3 is 1. The molecule has 1 fully saturated rings. The number of nitrogens with zero attached hydrogens (tertiary/aromatic N) is 4. The van der Waals surface area contributed by atoms with E-state index in [1.807, 2.05) is 12.1 Å². The van der Waals surface area contributed by atoms with E-state index in [0.717, 1.165) is 56.7 Å². The van der Waals surface area contributed by atoms with Gasteiger partial charge < -0.3 is 29.6 Å². The molecule has 0 atom stereocenters. The number of rotatable bonds is 5. The SMILES string of the molecule is COc1ccccc1CN1Cc2ccccc2N=C1N1CCN(C)CC1.O=C(O)/C=C/C(=O)O. The lowest BCUT2D eigenvalue weighted by atomic mass is 10.1. The number of carboxylic acids is 2. The number of guanidine groups is 1. The third-order valence-corrected chi connectivity index (χ3v) is 5.56. The van der Waals surface area contributed by atoms with Crippen LogP contribution in [0.25, 0.3) is 0 Å². The second-order valence-corrected chi connectivity index (χ2v) is 8.01. The molecule has 2 aliphatic rings. The Balaban J connectivity index is 0.000000350. The van der Waals surface area contributed by atoms with Crippen LogP contribution in [0.1, 0.15) is 11.1 Å². The Hall–Kier alpha value is -3.85. The smallest absolute Gasteiger partial charge is 0.328 e. The summed E-state index contributed by atoms with van der Waals surface area (Å²) < 4.78 is 5.56. The number of aliphatic carboxylic acids is 2. The van der Waals surface area contributed by atoms with Gasteiger partial charge in [0.25, 0.3) is 0 Å². The van der Waals surface area contributed by atoms with E-state index in [0.29, 0.717) is 12.2 Å². The molecule has 0 bridgehead atoms. The van der Waals surface area contributed by atoms with Gasteiger partial charge >= 0.3 is 11.9 Å². The van der Waals surface area contributed by atoms with E-state index in [4.69, 9.17) is 19.9 Å². The van der Waals surface area contributed by atoms with Crippen molar-refractivity contribution in [1.29, 1.82) is 0 Å². The van der Waals surface area contributed by atoms with E-state index >= 15 is 0 Å². The van der Waals surface area contributed by atoms with Crippen molar-refractivity contribution in [2.45, 2.75) is 13.1 Å². The molecule has 0 unspecified atom stereocenters. The van der Waals surface area contributed by atoms with Crippen LogP contribution in [-0.2, 0) is 22.7 Å². The van der Waals surface area contributed by atoms with Crippen molar-refractivity contribution < 1.29 is 24.5 Å². The number of hydrogen-bond donors (Lipinski definition) is 2. The van der Waals surface area contributed by atoms with Gasteiger partial charge in [-0.15, -0.1) is 0 Å². The number of piperazine rings is 1. The van der Waals surface area contributed by atoms with Crippen LogP contribution < -0.4 is 4.74 Å². The van der Waals surface area contributed by atoms with E-state index in [1.54, 1.807) is 7.11 Å². The van der Waals surface area contributed by atoms with E-state index in [-0.39, 0.29) is 0 Å². The molecule has 0 aliphatic carbocycles. The highest BCUT2D eigenvalue weighted by Gasteiger charge is 2.27. The number of hydrogen-bond acceptors (Lipinski definition) is 7. The van der Waals surface area contributed by atoms with Crippen LogP contribution in [0.2, 0.25) is 0 Å². The molecule has 0 spiro atoms. The third-order valence-electron chi connectivity index (χ3n) is 5.56. The molecule has 180 valence electrons. The number of ether oxygens (including phenoxy) is 1. The lowest BCUT2D eigenvalue weighted by Crippen LogP contribution is -2.52. The van der Waals surface area contributed by atoms with Crippen LogP contribution in [0.3, 0.4) is 0 Å². The maximum absolute atomic E-state index is 9.55. The average Bonchev–Trinajstić information content (AvgIpc) is 2.83. The van der Waals surface area contributed by atoms with Crippen molar-refractivity contribution >= 4 is 23.6 Å². The monoisotopic (exact) mass is 466 g/mol. The minimum absolute atomic E-state index is 0.558. The largest absolute Gasteiger partial charge is 0.496 e. The molecule has 2 aromatic carbocycles. The molecule has 0 radical (unpaired) electrons. The molecule has 2 heterocycles. The van der Waals surface area contributed by atoms with Crippen LogP contribution in [0, 0.1) is 0 Å². The molecule has 2 N–H and O–H groups in total. The lowest BCUT2D eigenvalue weighted by molar-refractivity contribution is -0.134. The number of aliphatic imine (C=N–C) groups is 1. The molecule has 9 nitrogen and oxygen atoms in total. The molecule has 9 heteroatoms. The molecule has 2 aromatic rings. The van der Waals surface area contributed by atoms with Crippen LogP contribution in [-0.4, -0.2) is 83.1 Å². The summed E-state index contributed by atoms with van der Waals surface area (Å²) in [6, 6.07) is 16.7. The fraction of sp³-hybridized carbons (Fsp3) is 0.320. The highest BCUT2D eigenvalue weighted by molar-refractivity contribution is 5.89. The van der Waals surface area contributed by atoms with Gasteiger partial charge in [0.05, 0.1) is 12.8 Å². The van der Waals surface area contributed by atoms with E-state index in [9.17, 15) is 9.59 Å². The molecule has 0 amide bonds. The Kier molecular flexibility index (Phi) is 8.64. The maximum atomic E-state index is 9.55. The summed E-state index contributed by atoms with van der Waals surface area (Å²) in [5.74, 6) is -0.494. The zero-order valence-corrected chi connectivity index (χ0v) is 19.4. The highest BCUT2D eigenvalue weighted by Crippen LogP contribution is 2.29. The van der Waals surface area contributed by atoms with Gasteiger partial charge in [-0.2, -0.15) is 0 Å². The molecule has 34 heavy (non-hydrogen) atoms. The van der Waals surface area contributed by atoms with Crippen LogP contribution in [0.4, 0.5) is 5.69 Å². The quantitative estimate of drug-likeness (QED) is 0.648. The summed E-state index contributed by atoms with van der Waals surface area (Å²) in [5.41, 5.74) is 3.56. The predicted octanol–water partition coefficient (Wildman–Crippen LogP) is 2.66. The first kappa shape index (κ1) is 24.8. The predicted molar refractivity (Wildman–Crippen MR) is 129 cm³/mol. The minimum Gasteiger partial charge on any atom is -0.496 e. The van der Waals surface area contributed by atoms with Gasteiger partial charge in [0.1, 0.15) is 5.75 Å². The second kappa shape index (κ2) is 11.9. The summed E-state index contributed by atoms with van der Waals surface area (Å²) in [5, 5.41) is 15.6. The van der Waals surface area contributed by atoms with Gasteiger partial charge in [-0.25, -0.2) is 14.6 Å². The second-order valence-electron chi connectivity index (χ2n) is 8.01. The Labute approximate surface area is 199 Å². The lowest BCUT2D eigenvalue weighted by Gasteiger charge is -2.41. The minimum atomic E-state index is -1.26. The number of carboxylic acid groups (broad SMARTS) is 2. The topological polar surface area (TPSA) is 106 Å². The first-order chi connectivity index (χ1) is 16.4. The number of carbonyl (C=O) groups is 2. The Morgan fingerprint density at radius 1 is 0.971 bits per heavy atom. The molecular weight excluding hydrogens is 436 g/mol. The number of para-hydroxylation sites is 2. The standard InChI is InChI=1S/C21H26N4O.C4H4O4/c1-23-11-13-24(14-12-23)21-22-19-9-5-3-7-17(19)15-25(21)16-18-8-4-6-10-20(18)26-2;5-3(6)1-2-4(7)8/h3-10H,11-16H2,1-2H3;1-2H,(H,5,6)(H,7,8)/b;2-1+. The van der Waals surface area contributed by atoms with Crippen LogP contribution in [0.15, 0.2) is 65.7 Å². The first-order valence-electron chi connectivity index (χ1n) is 11.0. The zero-order valence-electron chi connectivity index (χ0n) is 19.4. The molecule has 0 saturated carbocycles. The van der Waals surface area contributed by atoms with Crippen molar-refractivity contribution in [1.82, 2.24) is 14.7 Å². The molecule has 0 aromatic heterocycles. The number of likely N-dealkylation sites (N-methyl/N-ethyl adjacent to an activating group) is 1. The molecular formula is C25H30N4O5. The first-order valence-corrected chi connectivity index (χ1v) is 11.0. The Morgan fingerprint density at radius 3 is 2.24 bits per heavy atom. The third kappa shape index (κ3) is 6.82. The van der Waals surface area contributed by atoms with Crippen molar-refractivity contribution in [2.24, 2.45) is 4.99 Å². The van der Waals surface area contributed by atoms with Crippen molar-refractivity contribution in [3.8, 4) is 5.75 Å². The average molecular weight is 467 g/mol. The van der Waals surface area contributed by atoms with E-state index in [2.05, 4.69) is 58.1 Å². The highest BCUT2D eigenvalue weighted by atomic mass is 16.5. The maximum Gasteiger partial charge on any atom is 0.328 e. The Morgan fingerprint density at radius 2 is 1.59 bits per heavy atom. The number of benzene rings is 2. The molecule has 2 aliphatic heterocycles. The van der Waals surface area contributed by atoms with Crippen LogP contribution in [0.5, 0.6) is 5.75 Å². The zero-order chi connectivity index (χ0) is 24.5. The Bertz CT molecular complexity index is 1040. The van der Waals surface area contributed by atoms with Crippen molar-refractivity contribution in [3.05, 3.63) is 71.8 Å². The summed E-state index contributed by atoms with van der Waals surface area (Å²) in [6.45, 7) is 5.84. The van der Waals surface area contributed by atoms with Gasteiger partial charge in [-0.3, -0.25) is 0 Å². The van der Waals surface area contributed by atoms with Gasteiger partial charge in [0.15, 0.2) is 0 Å². The summed E-state index contributed by atoms with van der Waals surface area (Å²) in [7, 11) is 3.92. The van der Waals surface area contributed by atoms with Crippen molar-refractivity contribution in [2.75, 3.05) is 40.3 Å². The summed E-state index contributed by atoms with van der Waals surface area (Å²) in [6.07, 6.45) is 1.12. The number of fused-ring (bicyclic) bond motifs is 1. The van der Waals surface area contributed by atoms with E-state index in [1.165, 1.54) is 11.1 Å². The van der Waals surface area contributed by atoms with E-state index < -0.39 is 11.9 Å². The molecule has 4 rings (SSSR count). The van der Waals surface area contributed by atoms with Crippen LogP contribution >= 0.6 is 0 Å². The van der Waals surface area contributed by atoms with Gasteiger partial charge in [0, 0.05) is 57.0 Å². The van der Waals surface area contributed by atoms with Gasteiger partial charge in [-0.05, 0) is 24.7 Å². The summed E-state index contributed by atoms with van der Waals surface area (Å²) >= 11 is 0. The van der Waals surface area contributed by atoms with Gasteiger partial charge in [0.2, 0.25) is 5.96 Å². The molecule has 1 saturated heterocycles.